The number of sulfonamides is 1. The average molecular weight is 380 g/mol. The number of amides is 2. The lowest BCUT2D eigenvalue weighted by molar-refractivity contribution is -0.141. The van der Waals surface area contributed by atoms with Crippen LogP contribution in [0.25, 0.3) is 0 Å². The van der Waals surface area contributed by atoms with E-state index in [-0.39, 0.29) is 31.9 Å². The minimum Gasteiger partial charge on any atom is -0.332 e. The van der Waals surface area contributed by atoms with Crippen LogP contribution in [0.2, 0.25) is 0 Å². The second kappa shape index (κ2) is 7.56. The van der Waals surface area contributed by atoms with Crippen LogP contribution in [0.1, 0.15) is 24.7 Å². The van der Waals surface area contributed by atoms with Crippen LogP contribution in [-0.2, 0) is 22.7 Å². The van der Waals surface area contributed by atoms with Gasteiger partial charge in [-0.3, -0.25) is 0 Å². The highest BCUT2D eigenvalue weighted by atomic mass is 32.2. The maximum atomic E-state index is 12.6. The summed E-state index contributed by atoms with van der Waals surface area (Å²) in [6.07, 6.45) is -4.24. The van der Waals surface area contributed by atoms with Crippen molar-refractivity contribution in [2.45, 2.75) is 31.3 Å². The zero-order chi connectivity index (χ0) is 18.7. The van der Waals surface area contributed by atoms with Crippen LogP contribution in [0, 0.1) is 0 Å². The monoisotopic (exact) mass is 380 g/mol. The molecule has 0 aliphatic carbocycles. The Kier molecular flexibility index (Phi) is 5.88. The topological polar surface area (TPSA) is 91.4 Å². The number of nitrogens with zero attached hydrogens (tertiary/aromatic N) is 2. The number of aromatic nitrogens is 1. The summed E-state index contributed by atoms with van der Waals surface area (Å²) in [7, 11) is -3.47. The quantitative estimate of drug-likeness (QED) is 0.806. The summed E-state index contributed by atoms with van der Waals surface area (Å²) >= 11 is 0. The Hall–Kier alpha value is -1.88. The smallest absolute Gasteiger partial charge is 0.332 e. The number of hydrogen-bond acceptors (Lipinski definition) is 4. The van der Waals surface area contributed by atoms with E-state index in [2.05, 4.69) is 15.0 Å². The second-order valence-corrected chi connectivity index (χ2v) is 7.62. The molecule has 2 heterocycles. The summed E-state index contributed by atoms with van der Waals surface area (Å²) in [6, 6.07) is 2.90. The van der Waals surface area contributed by atoms with E-state index in [1.165, 1.54) is 17.0 Å². The number of likely N-dealkylation sites (tertiary alicyclic amines) is 1. The zero-order valence-corrected chi connectivity index (χ0v) is 14.3. The van der Waals surface area contributed by atoms with Gasteiger partial charge in [-0.2, -0.15) is 13.2 Å². The molecule has 1 aromatic heterocycles. The van der Waals surface area contributed by atoms with E-state index in [9.17, 15) is 26.4 Å². The molecule has 0 spiro atoms. The van der Waals surface area contributed by atoms with Gasteiger partial charge < -0.3 is 10.2 Å². The molecule has 7 nitrogen and oxygen atoms in total. The molecular weight excluding hydrogens is 361 g/mol. The predicted molar refractivity (Wildman–Crippen MR) is 84.0 cm³/mol. The Morgan fingerprint density at radius 1 is 1.40 bits per heavy atom. The number of carbonyl (C=O) groups excluding carboxylic acids is 1. The van der Waals surface area contributed by atoms with Crippen molar-refractivity contribution >= 4 is 16.1 Å². The second-order valence-electron chi connectivity index (χ2n) is 5.57. The highest BCUT2D eigenvalue weighted by Gasteiger charge is 2.35. The first-order chi connectivity index (χ1) is 11.6. The molecule has 140 valence electrons. The van der Waals surface area contributed by atoms with Gasteiger partial charge >= 0.3 is 12.2 Å². The molecule has 1 aliphatic heterocycles. The van der Waals surface area contributed by atoms with Gasteiger partial charge in [-0.05, 0) is 18.6 Å². The van der Waals surface area contributed by atoms with Crippen LogP contribution in [0.4, 0.5) is 18.0 Å². The SMILES string of the molecule is CCNS(=O)(=O)C1CCN(C(=O)NCc2cccc(C(F)(F)F)n2)C1. The molecule has 2 N–H and O–H groups in total. The van der Waals surface area contributed by atoms with Crippen LogP contribution in [-0.4, -0.2) is 49.2 Å². The summed E-state index contributed by atoms with van der Waals surface area (Å²) in [5.74, 6) is 0. The number of rotatable bonds is 5. The molecule has 0 radical (unpaired) electrons. The number of pyridine rings is 1. The molecule has 1 aliphatic rings. The largest absolute Gasteiger partial charge is 0.433 e. The van der Waals surface area contributed by atoms with Gasteiger partial charge in [0, 0.05) is 19.6 Å². The molecular formula is C14H19F3N4O3S. The standard InChI is InChI=1S/C14H19F3N4O3S/c1-2-19-25(23,24)11-6-7-21(9-11)13(22)18-8-10-4-3-5-12(20-10)14(15,16)17/h3-5,11,19H,2,6-9H2,1H3,(H,18,22). The van der Waals surface area contributed by atoms with E-state index >= 15 is 0 Å². The number of hydrogen-bond donors (Lipinski definition) is 2. The van der Waals surface area contributed by atoms with Gasteiger partial charge in [0.1, 0.15) is 5.69 Å². The fourth-order valence-electron chi connectivity index (χ4n) is 2.50. The molecule has 0 bridgehead atoms. The average Bonchev–Trinajstić information content (AvgIpc) is 3.03. The van der Waals surface area contributed by atoms with Crippen molar-refractivity contribution in [1.82, 2.24) is 19.9 Å². The van der Waals surface area contributed by atoms with E-state index in [1.807, 2.05) is 0 Å². The van der Waals surface area contributed by atoms with Crippen molar-refractivity contribution in [3.05, 3.63) is 29.6 Å². The molecule has 25 heavy (non-hydrogen) atoms. The van der Waals surface area contributed by atoms with Crippen molar-refractivity contribution in [2.75, 3.05) is 19.6 Å². The van der Waals surface area contributed by atoms with Gasteiger partial charge in [-0.15, -0.1) is 0 Å². The molecule has 0 saturated carbocycles. The molecule has 11 heteroatoms. The van der Waals surface area contributed by atoms with Crippen molar-refractivity contribution in [2.24, 2.45) is 0 Å². The van der Waals surface area contributed by atoms with Crippen LogP contribution in [0.15, 0.2) is 18.2 Å². The fourth-order valence-corrected chi connectivity index (χ4v) is 3.93. The number of nitrogens with one attached hydrogen (secondary N) is 2. The van der Waals surface area contributed by atoms with E-state index in [1.54, 1.807) is 6.92 Å². The molecule has 0 aromatic carbocycles. The third-order valence-electron chi connectivity index (χ3n) is 3.73. The normalized spacial score (nSPS) is 18.4. The number of urea groups is 1. The van der Waals surface area contributed by atoms with Gasteiger partial charge in [-0.25, -0.2) is 22.9 Å². The Balaban J connectivity index is 1.92. The van der Waals surface area contributed by atoms with Gasteiger partial charge in [0.25, 0.3) is 0 Å². The third kappa shape index (κ3) is 5.05. The summed E-state index contributed by atoms with van der Waals surface area (Å²) in [6.45, 7) is 2.06. The Morgan fingerprint density at radius 2 is 2.12 bits per heavy atom. The van der Waals surface area contributed by atoms with Crippen LogP contribution in [0.5, 0.6) is 0 Å². The molecule has 2 rings (SSSR count). The molecule has 1 saturated heterocycles. The molecule has 1 unspecified atom stereocenters. The Bertz CT molecular complexity index is 724. The van der Waals surface area contributed by atoms with Crippen molar-refractivity contribution in [1.29, 1.82) is 0 Å². The first-order valence-corrected chi connectivity index (χ1v) is 9.22. The maximum absolute atomic E-state index is 12.6. The minimum atomic E-state index is -4.55. The Labute approximate surface area is 143 Å². The first kappa shape index (κ1) is 19.4. The summed E-state index contributed by atoms with van der Waals surface area (Å²) in [4.78, 5) is 16.9. The van der Waals surface area contributed by atoms with Crippen molar-refractivity contribution in [3.63, 3.8) is 0 Å². The maximum Gasteiger partial charge on any atom is 0.433 e. The lowest BCUT2D eigenvalue weighted by atomic mass is 10.3. The van der Waals surface area contributed by atoms with E-state index in [0.717, 1.165) is 6.07 Å². The lowest BCUT2D eigenvalue weighted by Crippen LogP contribution is -2.41. The van der Waals surface area contributed by atoms with Crippen LogP contribution >= 0.6 is 0 Å². The summed E-state index contributed by atoms with van der Waals surface area (Å²) < 4.78 is 64.1. The first-order valence-electron chi connectivity index (χ1n) is 7.68. The van der Waals surface area contributed by atoms with Crippen LogP contribution in [0.3, 0.4) is 0 Å². The minimum absolute atomic E-state index is 0.0389. The number of halogens is 3. The van der Waals surface area contributed by atoms with Crippen molar-refractivity contribution < 1.29 is 26.4 Å². The lowest BCUT2D eigenvalue weighted by Gasteiger charge is -2.17. The van der Waals surface area contributed by atoms with Crippen molar-refractivity contribution in [3.8, 4) is 0 Å². The van der Waals surface area contributed by atoms with Crippen LogP contribution < -0.4 is 10.0 Å². The predicted octanol–water partition coefficient (Wildman–Crippen LogP) is 1.32. The highest BCUT2D eigenvalue weighted by Crippen LogP contribution is 2.27. The molecule has 2 amide bonds. The van der Waals surface area contributed by atoms with E-state index in [4.69, 9.17) is 0 Å². The fraction of sp³-hybridized carbons (Fsp3) is 0.571. The highest BCUT2D eigenvalue weighted by molar-refractivity contribution is 7.90. The Morgan fingerprint density at radius 3 is 2.76 bits per heavy atom. The van der Waals surface area contributed by atoms with Gasteiger partial charge in [-0.1, -0.05) is 13.0 Å². The molecule has 1 fully saturated rings. The van der Waals surface area contributed by atoms with E-state index < -0.39 is 33.2 Å². The molecule has 1 atom stereocenters. The van der Waals surface area contributed by atoms with E-state index in [0.29, 0.717) is 6.42 Å². The van der Waals surface area contributed by atoms with Gasteiger partial charge in [0.15, 0.2) is 0 Å². The summed E-state index contributed by atoms with van der Waals surface area (Å²) in [5, 5.41) is 1.78. The third-order valence-corrected chi connectivity index (χ3v) is 5.69. The zero-order valence-electron chi connectivity index (χ0n) is 13.5. The van der Waals surface area contributed by atoms with Gasteiger partial charge in [0.05, 0.1) is 17.5 Å². The summed E-state index contributed by atoms with van der Waals surface area (Å²) in [5.41, 5.74) is -0.962. The number of alkyl halides is 3. The molecule has 1 aromatic rings. The number of carbonyl (C=O) groups is 1. The van der Waals surface area contributed by atoms with Gasteiger partial charge in [0.2, 0.25) is 10.0 Å².